The number of anilines is 1. The monoisotopic (exact) mass is 442 g/mol. The van der Waals surface area contributed by atoms with Crippen molar-refractivity contribution in [2.75, 3.05) is 11.4 Å². The van der Waals surface area contributed by atoms with Gasteiger partial charge >= 0.3 is 0 Å². The summed E-state index contributed by atoms with van der Waals surface area (Å²) in [6.45, 7) is 9.43. The Morgan fingerprint density at radius 3 is 2.54 bits per heavy atom. The van der Waals surface area contributed by atoms with Crippen molar-refractivity contribution in [1.29, 1.82) is 0 Å². The van der Waals surface area contributed by atoms with Crippen LogP contribution in [-0.2, 0) is 14.4 Å². The van der Waals surface area contributed by atoms with Gasteiger partial charge < -0.3 is 4.90 Å². The smallest absolute Gasteiger partial charge is 0.236 e. The Labute approximate surface area is 173 Å². The van der Waals surface area contributed by atoms with Crippen molar-refractivity contribution in [3.63, 3.8) is 0 Å². The van der Waals surface area contributed by atoms with Crippen molar-refractivity contribution in [2.45, 2.75) is 32.9 Å². The summed E-state index contributed by atoms with van der Waals surface area (Å²) in [6, 6.07) is 4.90. The highest BCUT2D eigenvalue weighted by Gasteiger charge is 2.64. The minimum Gasteiger partial charge on any atom is -0.353 e. The molecule has 0 spiro atoms. The number of fused-ring (bicyclic) bond motifs is 5. The second-order valence-electron chi connectivity index (χ2n) is 8.65. The maximum absolute atomic E-state index is 13.5. The summed E-state index contributed by atoms with van der Waals surface area (Å²) >= 11 is 3.49. The van der Waals surface area contributed by atoms with Crippen LogP contribution in [0.3, 0.4) is 0 Å². The van der Waals surface area contributed by atoms with Crippen LogP contribution in [-0.4, -0.2) is 41.1 Å². The average Bonchev–Trinajstić information content (AvgIpc) is 3.09. The minimum absolute atomic E-state index is 0.0178. The number of imide groups is 1. The zero-order chi connectivity index (χ0) is 20.4. The van der Waals surface area contributed by atoms with Gasteiger partial charge in [0.25, 0.3) is 0 Å². The Morgan fingerprint density at radius 1 is 1.21 bits per heavy atom. The number of hydrogen-bond acceptors (Lipinski definition) is 4. The van der Waals surface area contributed by atoms with Gasteiger partial charge in [-0.2, -0.15) is 0 Å². The molecule has 6 heteroatoms. The Morgan fingerprint density at radius 2 is 1.89 bits per heavy atom. The number of halogens is 1. The molecule has 0 radical (unpaired) electrons. The molecule has 3 aliphatic heterocycles. The van der Waals surface area contributed by atoms with E-state index in [-0.39, 0.29) is 30.2 Å². The van der Waals surface area contributed by atoms with E-state index in [1.807, 2.05) is 56.0 Å². The summed E-state index contributed by atoms with van der Waals surface area (Å²) in [7, 11) is 0. The van der Waals surface area contributed by atoms with Crippen LogP contribution in [0.25, 0.3) is 6.08 Å². The number of nitrogens with zero attached hydrogens (tertiary/aromatic N) is 2. The molecule has 1 aromatic carbocycles. The SMILES string of the molecule is C=CCN1C(=O)C2C(C1=O)C(C(=O)C(C)(C)C)N1c3ccc(Br)cc3C=CC21. The predicted molar refractivity (Wildman–Crippen MR) is 112 cm³/mol. The number of amides is 2. The van der Waals surface area contributed by atoms with Crippen LogP contribution in [0.1, 0.15) is 26.3 Å². The van der Waals surface area contributed by atoms with Gasteiger partial charge in [-0.1, -0.05) is 54.9 Å². The summed E-state index contributed by atoms with van der Waals surface area (Å²) in [4.78, 5) is 43.0. The summed E-state index contributed by atoms with van der Waals surface area (Å²) in [5.74, 6) is -1.70. The third-order valence-electron chi connectivity index (χ3n) is 5.88. The number of Topliss-reactive ketones (excluding diaryl/α,β-unsaturated/α-hetero) is 1. The first kappa shape index (κ1) is 19.1. The Kier molecular flexibility index (Phi) is 4.38. The van der Waals surface area contributed by atoms with Crippen LogP contribution in [0, 0.1) is 17.3 Å². The van der Waals surface area contributed by atoms with Gasteiger partial charge in [-0.05, 0) is 23.8 Å². The van der Waals surface area contributed by atoms with Crippen molar-refractivity contribution in [3.8, 4) is 0 Å². The zero-order valence-electron chi connectivity index (χ0n) is 16.2. The molecule has 2 saturated heterocycles. The fourth-order valence-corrected chi connectivity index (χ4v) is 5.04. The highest BCUT2D eigenvalue weighted by Crippen LogP contribution is 2.50. The third-order valence-corrected chi connectivity index (χ3v) is 6.37. The summed E-state index contributed by atoms with van der Waals surface area (Å²) in [5.41, 5.74) is 1.24. The van der Waals surface area contributed by atoms with E-state index in [1.165, 1.54) is 4.90 Å². The van der Waals surface area contributed by atoms with Crippen molar-refractivity contribution >= 4 is 45.3 Å². The number of carbonyl (C=O) groups excluding carboxylic acids is 3. The van der Waals surface area contributed by atoms with E-state index in [4.69, 9.17) is 0 Å². The number of benzene rings is 1. The van der Waals surface area contributed by atoms with Crippen LogP contribution >= 0.6 is 15.9 Å². The molecule has 0 bridgehead atoms. The van der Waals surface area contributed by atoms with E-state index in [1.54, 1.807) is 6.08 Å². The summed E-state index contributed by atoms with van der Waals surface area (Å²) in [5, 5.41) is 0. The minimum atomic E-state index is -0.663. The van der Waals surface area contributed by atoms with Crippen LogP contribution < -0.4 is 4.90 Å². The lowest BCUT2D eigenvalue weighted by Crippen LogP contribution is -2.51. The molecule has 2 fully saturated rings. The lowest BCUT2D eigenvalue weighted by molar-refractivity contribution is -0.141. The highest BCUT2D eigenvalue weighted by molar-refractivity contribution is 9.10. The van der Waals surface area contributed by atoms with Gasteiger partial charge in [-0.15, -0.1) is 6.58 Å². The van der Waals surface area contributed by atoms with Gasteiger partial charge in [0.05, 0.1) is 17.9 Å². The van der Waals surface area contributed by atoms with E-state index < -0.39 is 23.3 Å². The molecule has 28 heavy (non-hydrogen) atoms. The maximum Gasteiger partial charge on any atom is 0.236 e. The number of hydrogen-bond donors (Lipinski definition) is 0. The fourth-order valence-electron chi connectivity index (χ4n) is 4.66. The van der Waals surface area contributed by atoms with Gasteiger partial charge in [-0.25, -0.2) is 0 Å². The molecular weight excluding hydrogens is 420 g/mol. The van der Waals surface area contributed by atoms with Crippen molar-refractivity contribution < 1.29 is 14.4 Å². The van der Waals surface area contributed by atoms with Crippen LogP contribution in [0.2, 0.25) is 0 Å². The zero-order valence-corrected chi connectivity index (χ0v) is 17.8. The van der Waals surface area contributed by atoms with Gasteiger partial charge in [0.2, 0.25) is 11.8 Å². The molecule has 0 saturated carbocycles. The first-order valence-electron chi connectivity index (χ1n) is 9.43. The van der Waals surface area contributed by atoms with Crippen molar-refractivity contribution in [1.82, 2.24) is 4.90 Å². The van der Waals surface area contributed by atoms with Gasteiger partial charge in [0.1, 0.15) is 6.04 Å². The summed E-state index contributed by atoms with van der Waals surface area (Å²) < 4.78 is 0.941. The van der Waals surface area contributed by atoms with Gasteiger partial charge in [-0.3, -0.25) is 19.3 Å². The molecule has 0 aromatic heterocycles. The predicted octanol–water partition coefficient (Wildman–Crippen LogP) is 3.44. The highest BCUT2D eigenvalue weighted by atomic mass is 79.9. The molecule has 1 aromatic rings. The van der Waals surface area contributed by atoms with Crippen molar-refractivity contribution in [2.24, 2.45) is 17.3 Å². The molecule has 0 aliphatic carbocycles. The van der Waals surface area contributed by atoms with Crippen LogP contribution in [0.4, 0.5) is 5.69 Å². The standard InChI is InChI=1S/C22H23BrN2O3/c1-5-10-24-20(27)16-15-8-6-12-11-13(23)7-9-14(12)25(15)18(17(16)21(24)28)19(26)22(2,3)4/h5-9,11,15-18H,1,10H2,2-4H3. The molecule has 146 valence electrons. The molecule has 4 atom stereocenters. The molecule has 2 amide bonds. The largest absolute Gasteiger partial charge is 0.353 e. The van der Waals surface area contributed by atoms with Gasteiger partial charge in [0, 0.05) is 22.1 Å². The fraction of sp³-hybridized carbons (Fsp3) is 0.409. The molecule has 0 N–H and O–H groups in total. The normalized spacial score (nSPS) is 28.3. The lowest BCUT2D eigenvalue weighted by Gasteiger charge is -2.38. The van der Waals surface area contributed by atoms with E-state index in [0.29, 0.717) is 0 Å². The molecule has 5 nitrogen and oxygen atoms in total. The lowest BCUT2D eigenvalue weighted by atomic mass is 9.79. The second-order valence-corrected chi connectivity index (χ2v) is 9.56. The van der Waals surface area contributed by atoms with Crippen LogP contribution in [0.15, 0.2) is 41.4 Å². The van der Waals surface area contributed by atoms with Gasteiger partial charge in [0.15, 0.2) is 5.78 Å². The molecule has 3 heterocycles. The molecule has 3 aliphatic rings. The molecule has 4 unspecified atom stereocenters. The average molecular weight is 443 g/mol. The second kappa shape index (κ2) is 6.41. The first-order chi connectivity index (χ1) is 13.2. The van der Waals surface area contributed by atoms with Crippen molar-refractivity contribution in [3.05, 3.63) is 47.0 Å². The van der Waals surface area contributed by atoms with E-state index >= 15 is 0 Å². The quantitative estimate of drug-likeness (QED) is 0.531. The maximum atomic E-state index is 13.5. The Bertz CT molecular complexity index is 930. The van der Waals surface area contributed by atoms with E-state index in [9.17, 15) is 14.4 Å². The molecular formula is C22H23BrN2O3. The Hall–Kier alpha value is -2.21. The number of likely N-dealkylation sites (tertiary alicyclic amines) is 1. The molecule has 4 rings (SSSR count). The third kappa shape index (κ3) is 2.61. The van der Waals surface area contributed by atoms with E-state index in [0.717, 1.165) is 15.7 Å². The topological polar surface area (TPSA) is 57.7 Å². The van der Waals surface area contributed by atoms with E-state index in [2.05, 4.69) is 22.5 Å². The van der Waals surface area contributed by atoms with Crippen LogP contribution in [0.5, 0.6) is 0 Å². The number of ketones is 1. The first-order valence-corrected chi connectivity index (χ1v) is 10.2. The Balaban J connectivity index is 1.88. The summed E-state index contributed by atoms with van der Waals surface area (Å²) in [6.07, 6.45) is 5.50. The number of carbonyl (C=O) groups is 3. The number of rotatable bonds is 3.